The van der Waals surface area contributed by atoms with Crippen molar-refractivity contribution in [2.75, 3.05) is 0 Å². The van der Waals surface area contributed by atoms with Gasteiger partial charge in [0.1, 0.15) is 0 Å². The molecule has 0 aliphatic heterocycles. The van der Waals surface area contributed by atoms with Gasteiger partial charge in [-0.05, 0) is 42.2 Å². The van der Waals surface area contributed by atoms with Gasteiger partial charge < -0.3 is 5.73 Å². The van der Waals surface area contributed by atoms with E-state index >= 15 is 0 Å². The monoisotopic (exact) mass is 215 g/mol. The van der Waals surface area contributed by atoms with Crippen LogP contribution in [0.5, 0.6) is 0 Å². The van der Waals surface area contributed by atoms with E-state index in [1.54, 1.807) is 0 Å². The fraction of sp³-hybridized carbons (Fsp3) is 0.600. The van der Waals surface area contributed by atoms with E-state index in [-0.39, 0.29) is 5.54 Å². The smallest absolute Gasteiger partial charge is 0.0441 e. The fourth-order valence-corrected chi connectivity index (χ4v) is 3.86. The van der Waals surface area contributed by atoms with E-state index in [2.05, 4.69) is 31.2 Å². The first-order chi connectivity index (χ1) is 7.72. The molecule has 3 rings (SSSR count). The summed E-state index contributed by atoms with van der Waals surface area (Å²) in [4.78, 5) is 0. The molecule has 0 heterocycles. The van der Waals surface area contributed by atoms with Gasteiger partial charge in [0, 0.05) is 5.54 Å². The Bertz CT molecular complexity index is 398. The minimum atomic E-state index is -0.0125. The zero-order valence-corrected chi connectivity index (χ0v) is 10.1. The van der Waals surface area contributed by atoms with Crippen molar-refractivity contribution in [1.29, 1.82) is 0 Å². The normalized spacial score (nSPS) is 37.6. The fourth-order valence-electron chi connectivity index (χ4n) is 3.86. The number of hydrogen-bond acceptors (Lipinski definition) is 1. The Balaban J connectivity index is 2.12. The molecule has 2 aliphatic rings. The first-order valence-corrected chi connectivity index (χ1v) is 6.60. The first-order valence-electron chi connectivity index (χ1n) is 6.60. The number of hydrogen-bond donors (Lipinski definition) is 1. The lowest BCUT2D eigenvalue weighted by Gasteiger charge is -2.48. The van der Waals surface area contributed by atoms with Crippen LogP contribution in [-0.2, 0) is 5.54 Å². The number of benzene rings is 1. The lowest BCUT2D eigenvalue weighted by Crippen LogP contribution is -2.49. The summed E-state index contributed by atoms with van der Waals surface area (Å²) in [6.07, 6.45) is 6.47. The van der Waals surface area contributed by atoms with Crippen molar-refractivity contribution in [1.82, 2.24) is 0 Å². The third kappa shape index (κ3) is 1.34. The summed E-state index contributed by atoms with van der Waals surface area (Å²) >= 11 is 0. The van der Waals surface area contributed by atoms with Crippen LogP contribution in [0.25, 0.3) is 0 Å². The van der Waals surface area contributed by atoms with Crippen LogP contribution >= 0.6 is 0 Å². The molecule has 3 atom stereocenters. The third-order valence-corrected chi connectivity index (χ3v) is 4.75. The molecule has 1 saturated carbocycles. The Morgan fingerprint density at radius 3 is 2.94 bits per heavy atom. The summed E-state index contributed by atoms with van der Waals surface area (Å²) in [6.45, 7) is 2.35. The number of fused-ring (bicyclic) bond motifs is 3. The highest BCUT2D eigenvalue weighted by Gasteiger charge is 2.44. The van der Waals surface area contributed by atoms with Crippen molar-refractivity contribution in [2.24, 2.45) is 11.7 Å². The molecule has 0 saturated heterocycles. The highest BCUT2D eigenvalue weighted by Crippen LogP contribution is 2.50. The maximum absolute atomic E-state index is 6.74. The highest BCUT2D eigenvalue weighted by molar-refractivity contribution is 5.39. The van der Waals surface area contributed by atoms with E-state index in [4.69, 9.17) is 5.73 Å². The molecular weight excluding hydrogens is 194 g/mol. The van der Waals surface area contributed by atoms with Gasteiger partial charge in [-0.3, -0.25) is 0 Å². The van der Waals surface area contributed by atoms with E-state index < -0.39 is 0 Å². The van der Waals surface area contributed by atoms with Crippen molar-refractivity contribution in [2.45, 2.75) is 50.5 Å². The van der Waals surface area contributed by atoms with Gasteiger partial charge in [0.05, 0.1) is 0 Å². The maximum Gasteiger partial charge on any atom is 0.0441 e. The summed E-state index contributed by atoms with van der Waals surface area (Å²) in [5, 5.41) is 0. The number of rotatable bonds is 0. The molecule has 0 unspecified atom stereocenters. The molecule has 1 nitrogen and oxygen atoms in total. The minimum Gasteiger partial charge on any atom is -0.321 e. The summed E-state index contributed by atoms with van der Waals surface area (Å²) in [5.74, 6) is 1.40. The molecular formula is C15H21N. The largest absolute Gasteiger partial charge is 0.321 e. The van der Waals surface area contributed by atoms with E-state index in [1.807, 2.05) is 0 Å². The van der Waals surface area contributed by atoms with Gasteiger partial charge in [0.2, 0.25) is 0 Å². The Kier molecular flexibility index (Phi) is 2.32. The number of nitrogens with two attached hydrogens (primary N) is 1. The zero-order valence-electron chi connectivity index (χ0n) is 10.1. The van der Waals surface area contributed by atoms with Crippen LogP contribution in [0.3, 0.4) is 0 Å². The van der Waals surface area contributed by atoms with E-state index in [9.17, 15) is 0 Å². The van der Waals surface area contributed by atoms with Crippen LogP contribution in [0.1, 0.15) is 56.1 Å². The molecule has 1 fully saturated rings. The highest BCUT2D eigenvalue weighted by atomic mass is 14.8. The van der Waals surface area contributed by atoms with Gasteiger partial charge in [-0.1, -0.05) is 44.0 Å². The van der Waals surface area contributed by atoms with E-state index in [1.165, 1.54) is 43.2 Å². The molecule has 2 N–H and O–H groups in total. The average Bonchev–Trinajstić information content (AvgIpc) is 2.31. The molecule has 0 radical (unpaired) electrons. The third-order valence-electron chi connectivity index (χ3n) is 4.75. The molecule has 0 bridgehead atoms. The summed E-state index contributed by atoms with van der Waals surface area (Å²) < 4.78 is 0. The van der Waals surface area contributed by atoms with Crippen LogP contribution in [-0.4, -0.2) is 0 Å². The molecule has 86 valence electrons. The Morgan fingerprint density at radius 2 is 2.06 bits per heavy atom. The van der Waals surface area contributed by atoms with Crippen LogP contribution in [0, 0.1) is 5.92 Å². The second-order valence-corrected chi connectivity index (χ2v) is 5.71. The van der Waals surface area contributed by atoms with E-state index in [0.717, 1.165) is 0 Å². The molecule has 2 aliphatic carbocycles. The second-order valence-electron chi connectivity index (χ2n) is 5.71. The predicted molar refractivity (Wildman–Crippen MR) is 67.3 cm³/mol. The maximum atomic E-state index is 6.74. The summed E-state index contributed by atoms with van der Waals surface area (Å²) in [7, 11) is 0. The lowest BCUT2D eigenvalue weighted by molar-refractivity contribution is 0.154. The Morgan fingerprint density at radius 1 is 1.25 bits per heavy atom. The van der Waals surface area contributed by atoms with Gasteiger partial charge in [0.25, 0.3) is 0 Å². The molecule has 1 aromatic carbocycles. The minimum absolute atomic E-state index is 0.0125. The van der Waals surface area contributed by atoms with Gasteiger partial charge in [-0.25, -0.2) is 0 Å². The molecule has 16 heavy (non-hydrogen) atoms. The standard InChI is InChI=1S/C15H21N/c1-11-10-12-6-4-5-9-15(12,16)14-8-3-2-7-13(11)14/h2-3,7-8,11-12H,4-6,9-10,16H2,1H3/t11-,12-,15+/m1/s1. The van der Waals surface area contributed by atoms with Crippen molar-refractivity contribution in [3.63, 3.8) is 0 Å². The van der Waals surface area contributed by atoms with Gasteiger partial charge in [0.15, 0.2) is 0 Å². The summed E-state index contributed by atoms with van der Waals surface area (Å²) in [6, 6.07) is 8.85. The predicted octanol–water partition coefficient (Wildman–Crippen LogP) is 3.54. The van der Waals surface area contributed by atoms with Crippen molar-refractivity contribution in [3.05, 3.63) is 35.4 Å². The molecule has 0 spiro atoms. The lowest BCUT2D eigenvalue weighted by atomic mass is 9.61. The van der Waals surface area contributed by atoms with Crippen LogP contribution < -0.4 is 5.73 Å². The second kappa shape index (κ2) is 3.59. The first kappa shape index (κ1) is 10.3. The topological polar surface area (TPSA) is 26.0 Å². The van der Waals surface area contributed by atoms with Gasteiger partial charge in [-0.15, -0.1) is 0 Å². The zero-order chi connectivity index (χ0) is 11.2. The van der Waals surface area contributed by atoms with Crippen molar-refractivity contribution in [3.8, 4) is 0 Å². The van der Waals surface area contributed by atoms with Gasteiger partial charge >= 0.3 is 0 Å². The molecule has 1 aromatic rings. The van der Waals surface area contributed by atoms with E-state index in [0.29, 0.717) is 11.8 Å². The SMILES string of the molecule is C[C@@H]1C[C@H]2CCCC[C@@]2(N)c2ccccc21. The summed E-state index contributed by atoms with van der Waals surface area (Å²) in [5.41, 5.74) is 9.67. The van der Waals surface area contributed by atoms with Crippen LogP contribution in [0.4, 0.5) is 0 Å². The van der Waals surface area contributed by atoms with Crippen molar-refractivity contribution < 1.29 is 0 Å². The van der Waals surface area contributed by atoms with Gasteiger partial charge in [-0.2, -0.15) is 0 Å². The molecule has 0 amide bonds. The van der Waals surface area contributed by atoms with Crippen molar-refractivity contribution >= 4 is 0 Å². The molecule has 0 aromatic heterocycles. The Labute approximate surface area is 98.0 Å². The quantitative estimate of drug-likeness (QED) is 0.704. The van der Waals surface area contributed by atoms with Crippen LogP contribution in [0.15, 0.2) is 24.3 Å². The Hall–Kier alpha value is -0.820. The average molecular weight is 215 g/mol. The molecule has 1 heteroatoms. The van der Waals surface area contributed by atoms with Crippen LogP contribution in [0.2, 0.25) is 0 Å².